The summed E-state index contributed by atoms with van der Waals surface area (Å²) in [5, 5.41) is 5.55. The molecule has 0 bridgehead atoms. The van der Waals surface area contributed by atoms with Crippen molar-refractivity contribution >= 4 is 30.5 Å². The smallest absolute Gasteiger partial charge is 0.275 e. The van der Waals surface area contributed by atoms with Gasteiger partial charge in [-0.2, -0.15) is 18.3 Å². The van der Waals surface area contributed by atoms with Crippen molar-refractivity contribution in [2.45, 2.75) is 11.1 Å². The first-order valence-electron chi connectivity index (χ1n) is 8.73. The average molecular weight is 451 g/mol. The quantitative estimate of drug-likeness (QED) is 0.368. The topological polar surface area (TPSA) is 52.0 Å². The monoisotopic (exact) mass is 450 g/mol. The lowest BCUT2D eigenvalue weighted by atomic mass is 9.92. The number of fused-ring (bicyclic) bond motifs is 1. The standard InChI is InChI=1S/C21H14ClF3N2O2S/c1-27-10-9-20(26-27)19-12-14(21(23,24)25)5-7-18(19)17-4-2-3-13-11-15(30(22,28)29)6-8-16(13)17/h2-12H,1H3. The number of alkyl halides is 3. The van der Waals surface area contributed by atoms with E-state index in [1.54, 1.807) is 43.6 Å². The molecule has 4 nitrogen and oxygen atoms in total. The Bertz CT molecular complexity index is 1380. The number of aryl methyl sites for hydroxylation is 1. The van der Waals surface area contributed by atoms with Crippen molar-refractivity contribution in [1.82, 2.24) is 9.78 Å². The SMILES string of the molecule is Cn1ccc(-c2cc(C(F)(F)F)ccc2-c2cccc3cc(S(=O)(=O)Cl)ccc23)n1. The summed E-state index contributed by atoms with van der Waals surface area (Å²) in [6, 6.07) is 14.8. The molecule has 4 aromatic rings. The predicted molar refractivity (Wildman–Crippen MR) is 110 cm³/mol. The minimum absolute atomic E-state index is 0.0498. The molecule has 4 rings (SSSR count). The van der Waals surface area contributed by atoms with Crippen LogP contribution in [0.2, 0.25) is 0 Å². The van der Waals surface area contributed by atoms with Crippen LogP contribution in [-0.2, 0) is 22.3 Å². The van der Waals surface area contributed by atoms with Crippen LogP contribution in [0.25, 0.3) is 33.2 Å². The molecule has 3 aromatic carbocycles. The number of rotatable bonds is 3. The van der Waals surface area contributed by atoms with Crippen LogP contribution in [0.4, 0.5) is 13.2 Å². The summed E-state index contributed by atoms with van der Waals surface area (Å²) >= 11 is 0. The summed E-state index contributed by atoms with van der Waals surface area (Å²) < 4.78 is 64.8. The Morgan fingerprint density at radius 2 is 1.70 bits per heavy atom. The van der Waals surface area contributed by atoms with Gasteiger partial charge in [-0.1, -0.05) is 30.3 Å². The van der Waals surface area contributed by atoms with Gasteiger partial charge in [-0.05, 0) is 52.2 Å². The minimum atomic E-state index is -4.50. The maximum Gasteiger partial charge on any atom is 0.416 e. The van der Waals surface area contributed by atoms with E-state index in [9.17, 15) is 21.6 Å². The van der Waals surface area contributed by atoms with Crippen molar-refractivity contribution in [3.05, 3.63) is 72.4 Å². The van der Waals surface area contributed by atoms with Crippen LogP contribution in [0.5, 0.6) is 0 Å². The van der Waals surface area contributed by atoms with E-state index >= 15 is 0 Å². The minimum Gasteiger partial charge on any atom is -0.275 e. The Morgan fingerprint density at radius 3 is 2.33 bits per heavy atom. The molecule has 1 aromatic heterocycles. The lowest BCUT2D eigenvalue weighted by molar-refractivity contribution is -0.137. The van der Waals surface area contributed by atoms with Gasteiger partial charge in [-0.15, -0.1) is 0 Å². The largest absolute Gasteiger partial charge is 0.416 e. The zero-order chi connectivity index (χ0) is 21.7. The van der Waals surface area contributed by atoms with Crippen LogP contribution in [0.3, 0.4) is 0 Å². The molecule has 0 radical (unpaired) electrons. The van der Waals surface area contributed by atoms with Gasteiger partial charge in [0.05, 0.1) is 16.2 Å². The van der Waals surface area contributed by atoms with E-state index in [-0.39, 0.29) is 4.90 Å². The number of hydrogen-bond donors (Lipinski definition) is 0. The molecule has 0 aliphatic heterocycles. The van der Waals surface area contributed by atoms with Crippen molar-refractivity contribution in [3.8, 4) is 22.4 Å². The molecule has 0 atom stereocenters. The summed E-state index contributed by atoms with van der Waals surface area (Å²) in [7, 11) is 3.21. The number of halogens is 4. The van der Waals surface area contributed by atoms with E-state index in [4.69, 9.17) is 10.7 Å². The van der Waals surface area contributed by atoms with E-state index < -0.39 is 20.8 Å². The number of benzene rings is 3. The zero-order valence-corrected chi connectivity index (χ0v) is 17.1. The van der Waals surface area contributed by atoms with Crippen molar-refractivity contribution in [2.75, 3.05) is 0 Å². The highest BCUT2D eigenvalue weighted by Crippen LogP contribution is 2.40. The maximum absolute atomic E-state index is 13.3. The molecular formula is C21H14ClF3N2O2S. The van der Waals surface area contributed by atoms with E-state index in [0.717, 1.165) is 12.1 Å². The molecule has 0 amide bonds. The maximum atomic E-state index is 13.3. The molecule has 0 aliphatic rings. The van der Waals surface area contributed by atoms with E-state index in [0.29, 0.717) is 33.2 Å². The molecular weight excluding hydrogens is 437 g/mol. The van der Waals surface area contributed by atoms with Gasteiger partial charge in [-0.3, -0.25) is 4.68 Å². The fraction of sp³-hybridized carbons (Fsp3) is 0.0952. The van der Waals surface area contributed by atoms with Crippen molar-refractivity contribution in [2.24, 2.45) is 7.05 Å². The number of hydrogen-bond acceptors (Lipinski definition) is 3. The van der Waals surface area contributed by atoms with Gasteiger partial charge in [-0.25, -0.2) is 8.42 Å². The Balaban J connectivity index is 1.99. The molecule has 30 heavy (non-hydrogen) atoms. The van der Waals surface area contributed by atoms with Gasteiger partial charge in [0.1, 0.15) is 0 Å². The Kier molecular flexibility index (Phi) is 4.86. The van der Waals surface area contributed by atoms with Gasteiger partial charge in [0.25, 0.3) is 9.05 Å². The molecule has 0 N–H and O–H groups in total. The second kappa shape index (κ2) is 7.14. The van der Waals surface area contributed by atoms with Crippen LogP contribution in [0, 0.1) is 0 Å². The van der Waals surface area contributed by atoms with E-state index in [1.807, 2.05) is 0 Å². The Labute approximate surface area is 174 Å². The first-order valence-corrected chi connectivity index (χ1v) is 11.0. The van der Waals surface area contributed by atoms with Crippen LogP contribution in [0.1, 0.15) is 5.56 Å². The zero-order valence-electron chi connectivity index (χ0n) is 15.5. The van der Waals surface area contributed by atoms with Crippen LogP contribution in [-0.4, -0.2) is 18.2 Å². The van der Waals surface area contributed by atoms with Crippen LogP contribution >= 0.6 is 10.7 Å². The van der Waals surface area contributed by atoms with Gasteiger partial charge in [0, 0.05) is 29.5 Å². The second-order valence-electron chi connectivity index (χ2n) is 6.76. The Hall–Kier alpha value is -2.84. The van der Waals surface area contributed by atoms with Crippen LogP contribution < -0.4 is 0 Å². The second-order valence-corrected chi connectivity index (χ2v) is 9.33. The molecule has 0 fully saturated rings. The molecule has 1 heterocycles. The van der Waals surface area contributed by atoms with Crippen LogP contribution in [0.15, 0.2) is 71.8 Å². The number of nitrogens with zero attached hydrogens (tertiary/aromatic N) is 2. The van der Waals surface area contributed by atoms with Crippen molar-refractivity contribution in [3.63, 3.8) is 0 Å². The summed E-state index contributed by atoms with van der Waals surface area (Å²) in [5.74, 6) is 0. The fourth-order valence-corrected chi connectivity index (χ4v) is 4.16. The van der Waals surface area contributed by atoms with Gasteiger partial charge < -0.3 is 0 Å². The third-order valence-electron chi connectivity index (χ3n) is 4.76. The van der Waals surface area contributed by atoms with Gasteiger partial charge >= 0.3 is 6.18 Å². The Morgan fingerprint density at radius 1 is 0.933 bits per heavy atom. The predicted octanol–water partition coefficient (Wildman–Crippen LogP) is 5.85. The first-order chi connectivity index (χ1) is 14.0. The third kappa shape index (κ3) is 3.80. The third-order valence-corrected chi connectivity index (χ3v) is 6.11. The lowest BCUT2D eigenvalue weighted by Crippen LogP contribution is -2.05. The summed E-state index contributed by atoms with van der Waals surface area (Å²) in [6.07, 6.45) is -2.84. The molecule has 0 saturated carbocycles. The normalized spacial score (nSPS) is 12.4. The first kappa shape index (κ1) is 20.4. The lowest BCUT2D eigenvalue weighted by Gasteiger charge is -2.15. The number of aromatic nitrogens is 2. The van der Waals surface area contributed by atoms with Crippen molar-refractivity contribution < 1.29 is 21.6 Å². The summed E-state index contributed by atoms with van der Waals surface area (Å²) in [6.45, 7) is 0. The fourth-order valence-electron chi connectivity index (χ4n) is 3.37. The highest BCUT2D eigenvalue weighted by Gasteiger charge is 2.31. The van der Waals surface area contributed by atoms with E-state index in [2.05, 4.69) is 5.10 Å². The molecule has 0 aliphatic carbocycles. The van der Waals surface area contributed by atoms with Crippen molar-refractivity contribution in [1.29, 1.82) is 0 Å². The molecule has 154 valence electrons. The highest BCUT2D eigenvalue weighted by atomic mass is 35.7. The highest BCUT2D eigenvalue weighted by molar-refractivity contribution is 8.13. The molecule has 0 saturated heterocycles. The summed E-state index contributed by atoms with van der Waals surface area (Å²) in [4.78, 5) is -0.0498. The average Bonchev–Trinajstić information content (AvgIpc) is 3.11. The summed E-state index contributed by atoms with van der Waals surface area (Å²) in [5.41, 5.74) is 1.15. The molecule has 0 spiro atoms. The van der Waals surface area contributed by atoms with E-state index in [1.165, 1.54) is 22.9 Å². The molecule has 9 heteroatoms. The van der Waals surface area contributed by atoms with Gasteiger partial charge in [0.2, 0.25) is 0 Å². The van der Waals surface area contributed by atoms with Gasteiger partial charge in [0.15, 0.2) is 0 Å². The molecule has 0 unspecified atom stereocenters.